The van der Waals surface area contributed by atoms with Crippen molar-refractivity contribution in [3.8, 4) is 5.75 Å². The highest BCUT2D eigenvalue weighted by molar-refractivity contribution is 5.26. The molecule has 106 valence electrons. The number of phenols is 1. The second-order valence-electron chi connectivity index (χ2n) is 4.89. The van der Waals surface area contributed by atoms with Gasteiger partial charge in [-0.15, -0.1) is 0 Å². The van der Waals surface area contributed by atoms with Crippen LogP contribution in [0.2, 0.25) is 0 Å². The predicted octanol–water partition coefficient (Wildman–Crippen LogP) is 3.39. The van der Waals surface area contributed by atoms with E-state index in [2.05, 4.69) is 5.32 Å². The Balaban J connectivity index is 1.88. The van der Waals surface area contributed by atoms with Crippen molar-refractivity contribution in [1.29, 1.82) is 0 Å². The first kappa shape index (κ1) is 14.5. The lowest BCUT2D eigenvalue weighted by Gasteiger charge is -2.14. The van der Waals surface area contributed by atoms with E-state index in [0.717, 1.165) is 18.1 Å². The van der Waals surface area contributed by atoms with Crippen LogP contribution in [0, 0.1) is 11.6 Å². The van der Waals surface area contributed by atoms with Gasteiger partial charge in [-0.2, -0.15) is 0 Å². The fourth-order valence-electron chi connectivity index (χ4n) is 2.01. The Morgan fingerprint density at radius 1 is 1.10 bits per heavy atom. The zero-order valence-corrected chi connectivity index (χ0v) is 11.2. The third kappa shape index (κ3) is 4.03. The maximum Gasteiger partial charge on any atom is 0.130 e. The van der Waals surface area contributed by atoms with Crippen LogP contribution in [0.4, 0.5) is 8.78 Å². The zero-order valence-electron chi connectivity index (χ0n) is 11.2. The highest BCUT2D eigenvalue weighted by Crippen LogP contribution is 2.12. The Hall–Kier alpha value is -1.94. The number of aromatic hydroxyl groups is 1. The SMILES string of the molecule is CC(Cc1ccc(O)cc1)NCc1ccc(F)cc1F. The molecule has 0 spiro atoms. The van der Waals surface area contributed by atoms with Gasteiger partial charge in [0, 0.05) is 24.2 Å². The summed E-state index contributed by atoms with van der Waals surface area (Å²) in [5.74, 6) is -0.861. The monoisotopic (exact) mass is 277 g/mol. The fourth-order valence-corrected chi connectivity index (χ4v) is 2.01. The molecule has 0 aliphatic rings. The number of hydrogen-bond acceptors (Lipinski definition) is 2. The van der Waals surface area contributed by atoms with Crippen LogP contribution in [0.15, 0.2) is 42.5 Å². The molecule has 0 bridgehead atoms. The van der Waals surface area contributed by atoms with Gasteiger partial charge in [-0.3, -0.25) is 0 Å². The van der Waals surface area contributed by atoms with E-state index in [4.69, 9.17) is 0 Å². The first-order valence-corrected chi connectivity index (χ1v) is 6.50. The van der Waals surface area contributed by atoms with Gasteiger partial charge < -0.3 is 10.4 Å². The van der Waals surface area contributed by atoms with Gasteiger partial charge in [0.05, 0.1) is 0 Å². The Morgan fingerprint density at radius 3 is 2.45 bits per heavy atom. The molecule has 0 heterocycles. The Bertz CT molecular complexity index is 569. The largest absolute Gasteiger partial charge is 0.508 e. The molecule has 0 aromatic heterocycles. The second-order valence-corrected chi connectivity index (χ2v) is 4.89. The van der Waals surface area contributed by atoms with E-state index in [9.17, 15) is 13.9 Å². The lowest BCUT2D eigenvalue weighted by atomic mass is 10.1. The van der Waals surface area contributed by atoms with Crippen molar-refractivity contribution in [3.05, 3.63) is 65.2 Å². The second kappa shape index (κ2) is 6.48. The van der Waals surface area contributed by atoms with Gasteiger partial charge in [0.2, 0.25) is 0 Å². The number of benzene rings is 2. The van der Waals surface area contributed by atoms with E-state index in [-0.39, 0.29) is 11.8 Å². The molecule has 1 unspecified atom stereocenters. The average Bonchev–Trinajstić information content (AvgIpc) is 2.40. The van der Waals surface area contributed by atoms with Crippen LogP contribution in [0.5, 0.6) is 5.75 Å². The molecule has 20 heavy (non-hydrogen) atoms. The molecule has 0 fully saturated rings. The molecule has 2 nitrogen and oxygen atoms in total. The van der Waals surface area contributed by atoms with E-state index >= 15 is 0 Å². The van der Waals surface area contributed by atoms with E-state index in [1.807, 2.05) is 19.1 Å². The van der Waals surface area contributed by atoms with Crippen molar-refractivity contribution < 1.29 is 13.9 Å². The van der Waals surface area contributed by atoms with Crippen molar-refractivity contribution in [2.75, 3.05) is 0 Å². The summed E-state index contributed by atoms with van der Waals surface area (Å²) in [5, 5.41) is 12.4. The van der Waals surface area contributed by atoms with Crippen molar-refractivity contribution in [2.24, 2.45) is 0 Å². The highest BCUT2D eigenvalue weighted by Gasteiger charge is 2.07. The lowest BCUT2D eigenvalue weighted by molar-refractivity contribution is 0.474. The van der Waals surface area contributed by atoms with Crippen molar-refractivity contribution in [3.63, 3.8) is 0 Å². The number of hydrogen-bond donors (Lipinski definition) is 2. The van der Waals surface area contributed by atoms with Crippen LogP contribution in [0.3, 0.4) is 0 Å². The fraction of sp³-hybridized carbons (Fsp3) is 0.250. The van der Waals surface area contributed by atoms with Gasteiger partial charge in [0.15, 0.2) is 0 Å². The average molecular weight is 277 g/mol. The van der Waals surface area contributed by atoms with Gasteiger partial charge in [-0.1, -0.05) is 18.2 Å². The topological polar surface area (TPSA) is 32.3 Å². The van der Waals surface area contributed by atoms with Crippen LogP contribution in [-0.2, 0) is 13.0 Å². The predicted molar refractivity (Wildman–Crippen MR) is 74.5 cm³/mol. The minimum atomic E-state index is -0.566. The summed E-state index contributed by atoms with van der Waals surface area (Å²) < 4.78 is 26.3. The van der Waals surface area contributed by atoms with Crippen LogP contribution in [-0.4, -0.2) is 11.1 Å². The molecule has 0 aliphatic carbocycles. The molecular weight excluding hydrogens is 260 g/mol. The normalized spacial score (nSPS) is 12.3. The van der Waals surface area contributed by atoms with Gasteiger partial charge in [-0.25, -0.2) is 8.78 Å². The molecule has 1 atom stereocenters. The van der Waals surface area contributed by atoms with Crippen LogP contribution >= 0.6 is 0 Å². The molecule has 2 N–H and O–H groups in total. The van der Waals surface area contributed by atoms with E-state index in [0.29, 0.717) is 12.1 Å². The maximum atomic E-state index is 13.5. The summed E-state index contributed by atoms with van der Waals surface area (Å²) in [7, 11) is 0. The smallest absolute Gasteiger partial charge is 0.130 e. The van der Waals surface area contributed by atoms with Gasteiger partial charge in [-0.05, 0) is 37.1 Å². The lowest BCUT2D eigenvalue weighted by Crippen LogP contribution is -2.27. The molecule has 0 amide bonds. The molecular formula is C16H17F2NO. The molecule has 2 aromatic carbocycles. The molecule has 0 saturated carbocycles. The van der Waals surface area contributed by atoms with Crippen molar-refractivity contribution in [1.82, 2.24) is 5.32 Å². The zero-order chi connectivity index (χ0) is 14.5. The molecule has 0 aliphatic heterocycles. The summed E-state index contributed by atoms with van der Waals surface area (Å²) in [6, 6.07) is 10.7. The molecule has 0 saturated heterocycles. The Kier molecular flexibility index (Phi) is 4.69. The quantitative estimate of drug-likeness (QED) is 0.878. The summed E-state index contributed by atoms with van der Waals surface area (Å²) >= 11 is 0. The minimum Gasteiger partial charge on any atom is -0.508 e. The van der Waals surface area contributed by atoms with Crippen LogP contribution in [0.1, 0.15) is 18.1 Å². The van der Waals surface area contributed by atoms with Gasteiger partial charge >= 0.3 is 0 Å². The van der Waals surface area contributed by atoms with Gasteiger partial charge in [0.1, 0.15) is 17.4 Å². The summed E-state index contributed by atoms with van der Waals surface area (Å²) in [6.45, 7) is 2.35. The Morgan fingerprint density at radius 2 is 1.80 bits per heavy atom. The number of halogens is 2. The molecule has 2 rings (SSSR count). The van der Waals surface area contributed by atoms with Crippen molar-refractivity contribution in [2.45, 2.75) is 25.9 Å². The van der Waals surface area contributed by atoms with Gasteiger partial charge in [0.25, 0.3) is 0 Å². The van der Waals surface area contributed by atoms with E-state index in [1.165, 1.54) is 12.1 Å². The minimum absolute atomic E-state index is 0.143. The van der Waals surface area contributed by atoms with Crippen LogP contribution < -0.4 is 5.32 Å². The summed E-state index contributed by atoms with van der Waals surface area (Å²) in [5.41, 5.74) is 1.53. The highest BCUT2D eigenvalue weighted by atomic mass is 19.1. The summed E-state index contributed by atoms with van der Waals surface area (Å²) in [4.78, 5) is 0. The third-order valence-corrected chi connectivity index (χ3v) is 3.13. The number of phenolic OH excluding ortho intramolecular Hbond substituents is 1. The molecule has 0 radical (unpaired) electrons. The van der Waals surface area contributed by atoms with Crippen molar-refractivity contribution >= 4 is 0 Å². The Labute approximate surface area is 117 Å². The summed E-state index contributed by atoms with van der Waals surface area (Å²) in [6.07, 6.45) is 0.767. The molecule has 4 heteroatoms. The van der Waals surface area contributed by atoms with Crippen LogP contribution in [0.25, 0.3) is 0 Å². The molecule has 2 aromatic rings. The first-order valence-electron chi connectivity index (χ1n) is 6.50. The number of rotatable bonds is 5. The maximum absolute atomic E-state index is 13.5. The first-order chi connectivity index (χ1) is 9.54. The van der Waals surface area contributed by atoms with E-state index in [1.54, 1.807) is 12.1 Å². The number of nitrogens with one attached hydrogen (secondary N) is 1. The van der Waals surface area contributed by atoms with E-state index < -0.39 is 11.6 Å². The third-order valence-electron chi connectivity index (χ3n) is 3.13. The standard InChI is InChI=1S/C16H17F2NO/c1-11(8-12-2-6-15(20)7-3-12)19-10-13-4-5-14(17)9-16(13)18/h2-7,9,11,19-20H,8,10H2,1H3.